The van der Waals surface area contributed by atoms with Crippen LogP contribution in [0.4, 0.5) is 5.69 Å². The van der Waals surface area contributed by atoms with Crippen molar-refractivity contribution in [3.05, 3.63) is 78.1 Å². The third kappa shape index (κ3) is 3.83. The molecule has 0 radical (unpaired) electrons. The molecule has 160 valence electrons. The molecule has 0 saturated carbocycles. The van der Waals surface area contributed by atoms with Gasteiger partial charge in [0.15, 0.2) is 11.5 Å². The number of nitrogens with zero attached hydrogens (tertiary/aromatic N) is 4. The van der Waals surface area contributed by atoms with Gasteiger partial charge in [0.25, 0.3) is 5.91 Å². The van der Waals surface area contributed by atoms with Crippen molar-refractivity contribution in [2.75, 3.05) is 12.1 Å². The topological polar surface area (TPSA) is 100 Å². The molecule has 1 N–H and O–H groups in total. The lowest BCUT2D eigenvalue weighted by atomic mass is 10.2. The van der Waals surface area contributed by atoms with Crippen LogP contribution >= 0.6 is 0 Å². The van der Waals surface area contributed by atoms with Crippen LogP contribution in [0.25, 0.3) is 5.82 Å². The molecule has 0 spiro atoms. The Hall–Kier alpha value is -4.40. The van der Waals surface area contributed by atoms with E-state index in [1.165, 1.54) is 6.33 Å². The zero-order valence-corrected chi connectivity index (χ0v) is 17.4. The molecule has 0 saturated heterocycles. The van der Waals surface area contributed by atoms with E-state index in [-0.39, 0.29) is 12.7 Å². The number of amides is 1. The molecule has 0 atom stereocenters. The highest BCUT2D eigenvalue weighted by atomic mass is 16.7. The number of anilines is 1. The Bertz CT molecular complexity index is 1300. The molecule has 0 unspecified atom stereocenters. The molecule has 9 nitrogen and oxygen atoms in total. The predicted octanol–water partition coefficient (Wildman–Crippen LogP) is 4.05. The number of carbonyl (C=O) groups is 1. The molecule has 0 bridgehead atoms. The zero-order valence-electron chi connectivity index (χ0n) is 17.4. The Kier molecular flexibility index (Phi) is 4.91. The minimum absolute atomic E-state index is 0.164. The van der Waals surface area contributed by atoms with E-state index in [4.69, 9.17) is 14.2 Å². The number of nitrogens with one attached hydrogen (secondary N) is 1. The van der Waals surface area contributed by atoms with E-state index in [2.05, 4.69) is 20.3 Å². The van der Waals surface area contributed by atoms with E-state index >= 15 is 0 Å². The van der Waals surface area contributed by atoms with E-state index < -0.39 is 0 Å². The van der Waals surface area contributed by atoms with Gasteiger partial charge in [-0.1, -0.05) is 0 Å². The molecule has 1 aliphatic heterocycles. The summed E-state index contributed by atoms with van der Waals surface area (Å²) in [6, 6.07) is 13.8. The second-order valence-electron chi connectivity index (χ2n) is 7.15. The second-order valence-corrected chi connectivity index (χ2v) is 7.15. The molecule has 2 aromatic carbocycles. The summed E-state index contributed by atoms with van der Waals surface area (Å²) in [4.78, 5) is 25.3. The van der Waals surface area contributed by atoms with Gasteiger partial charge >= 0.3 is 0 Å². The van der Waals surface area contributed by atoms with Crippen molar-refractivity contribution in [3.63, 3.8) is 0 Å². The van der Waals surface area contributed by atoms with Crippen LogP contribution in [0.15, 0.2) is 61.2 Å². The van der Waals surface area contributed by atoms with Crippen molar-refractivity contribution >= 4 is 11.6 Å². The first-order valence-corrected chi connectivity index (χ1v) is 9.89. The van der Waals surface area contributed by atoms with Crippen molar-refractivity contribution in [2.24, 2.45) is 0 Å². The first-order chi connectivity index (χ1) is 15.6. The summed E-state index contributed by atoms with van der Waals surface area (Å²) in [5, 5.41) is 2.85. The Labute approximate surface area is 183 Å². The average Bonchev–Trinajstić information content (AvgIpc) is 3.41. The smallest absolute Gasteiger partial charge is 0.255 e. The van der Waals surface area contributed by atoms with Crippen LogP contribution in [0.2, 0.25) is 0 Å². The van der Waals surface area contributed by atoms with Gasteiger partial charge in [-0.2, -0.15) is 0 Å². The number of fused-ring (bicyclic) bond motifs is 1. The van der Waals surface area contributed by atoms with Crippen LogP contribution in [0, 0.1) is 13.8 Å². The maximum absolute atomic E-state index is 12.5. The number of rotatable bonds is 5. The normalized spacial score (nSPS) is 11.9. The fraction of sp³-hybridized carbons (Fsp3) is 0.130. The summed E-state index contributed by atoms with van der Waals surface area (Å²) in [5.41, 5.74) is 3.04. The van der Waals surface area contributed by atoms with Crippen LogP contribution in [0.3, 0.4) is 0 Å². The van der Waals surface area contributed by atoms with Crippen LogP contribution in [-0.4, -0.2) is 32.2 Å². The molecule has 0 fully saturated rings. The second kappa shape index (κ2) is 8.03. The molecule has 32 heavy (non-hydrogen) atoms. The number of carbonyl (C=O) groups excluding carboxylic acids is 1. The first kappa shape index (κ1) is 19.6. The van der Waals surface area contributed by atoms with Gasteiger partial charge in [0.2, 0.25) is 12.7 Å². The van der Waals surface area contributed by atoms with Gasteiger partial charge < -0.3 is 19.5 Å². The minimum atomic E-state index is -0.247. The van der Waals surface area contributed by atoms with Crippen LogP contribution in [0.1, 0.15) is 21.7 Å². The van der Waals surface area contributed by atoms with E-state index in [1.54, 1.807) is 54.9 Å². The summed E-state index contributed by atoms with van der Waals surface area (Å²) in [5.74, 6) is 2.59. The van der Waals surface area contributed by atoms with E-state index in [9.17, 15) is 4.79 Å². The van der Waals surface area contributed by atoms with Gasteiger partial charge in [-0.05, 0) is 56.3 Å². The Morgan fingerprint density at radius 1 is 1.00 bits per heavy atom. The summed E-state index contributed by atoms with van der Waals surface area (Å²) in [6.45, 7) is 4.08. The molecule has 3 heterocycles. The average molecular weight is 429 g/mol. The summed E-state index contributed by atoms with van der Waals surface area (Å²) in [7, 11) is 0. The summed E-state index contributed by atoms with van der Waals surface area (Å²) >= 11 is 0. The van der Waals surface area contributed by atoms with E-state index in [0.717, 1.165) is 11.4 Å². The molecule has 0 aliphatic carbocycles. The third-order valence-corrected chi connectivity index (χ3v) is 5.10. The fourth-order valence-corrected chi connectivity index (χ4v) is 3.22. The molecule has 5 rings (SSSR count). The molecule has 4 aromatic rings. The fourth-order valence-electron chi connectivity index (χ4n) is 3.22. The molecule has 2 aromatic heterocycles. The summed E-state index contributed by atoms with van der Waals surface area (Å²) < 4.78 is 18.3. The molecule has 1 amide bonds. The van der Waals surface area contributed by atoms with Gasteiger partial charge in [-0.25, -0.2) is 15.0 Å². The third-order valence-electron chi connectivity index (χ3n) is 5.10. The van der Waals surface area contributed by atoms with Gasteiger partial charge in [-0.3, -0.25) is 9.36 Å². The zero-order chi connectivity index (χ0) is 22.1. The van der Waals surface area contributed by atoms with Crippen molar-refractivity contribution in [1.82, 2.24) is 19.5 Å². The maximum Gasteiger partial charge on any atom is 0.255 e. The first-order valence-electron chi connectivity index (χ1n) is 9.89. The monoisotopic (exact) mass is 429 g/mol. The van der Waals surface area contributed by atoms with Crippen LogP contribution in [0.5, 0.6) is 23.1 Å². The lowest BCUT2D eigenvalue weighted by molar-refractivity contribution is 0.102. The van der Waals surface area contributed by atoms with Crippen LogP contribution in [-0.2, 0) is 0 Å². The number of aryl methyl sites for hydroxylation is 1. The van der Waals surface area contributed by atoms with Gasteiger partial charge in [-0.15, -0.1) is 0 Å². The Morgan fingerprint density at radius 2 is 1.81 bits per heavy atom. The molecule has 9 heteroatoms. The summed E-state index contributed by atoms with van der Waals surface area (Å²) in [6.07, 6.45) is 3.16. The highest BCUT2D eigenvalue weighted by Gasteiger charge is 2.16. The number of imidazole rings is 1. The SMILES string of the molecule is Cc1ncn(-c2cc(Oc3ccc(NC(=O)c4ccc5c(c4)OCO5)cc3)ncn2)c1C. The Morgan fingerprint density at radius 3 is 2.59 bits per heavy atom. The molecule has 1 aliphatic rings. The Balaban J connectivity index is 1.27. The van der Waals surface area contributed by atoms with Crippen molar-refractivity contribution < 1.29 is 19.0 Å². The lowest BCUT2D eigenvalue weighted by Crippen LogP contribution is -2.11. The lowest BCUT2D eigenvalue weighted by Gasteiger charge is -2.09. The highest BCUT2D eigenvalue weighted by Crippen LogP contribution is 2.32. The number of hydrogen-bond donors (Lipinski definition) is 1. The number of hydrogen-bond acceptors (Lipinski definition) is 7. The standard InChI is InChI=1S/C23H19N5O4/c1-14-15(2)28(12-26-14)21-10-22(25-11-24-21)32-18-6-4-17(5-7-18)27-23(29)16-3-8-19-20(9-16)31-13-30-19/h3-12H,13H2,1-2H3,(H,27,29). The van der Waals surface area contributed by atoms with E-state index in [1.807, 2.05) is 18.4 Å². The highest BCUT2D eigenvalue weighted by molar-refractivity contribution is 6.04. The van der Waals surface area contributed by atoms with Gasteiger partial charge in [0.05, 0.1) is 5.69 Å². The van der Waals surface area contributed by atoms with Crippen molar-refractivity contribution in [1.29, 1.82) is 0 Å². The largest absolute Gasteiger partial charge is 0.454 e. The van der Waals surface area contributed by atoms with Crippen molar-refractivity contribution in [2.45, 2.75) is 13.8 Å². The quantitative estimate of drug-likeness (QED) is 0.511. The number of benzene rings is 2. The van der Waals surface area contributed by atoms with Crippen molar-refractivity contribution in [3.8, 4) is 28.9 Å². The number of aromatic nitrogens is 4. The van der Waals surface area contributed by atoms with Gasteiger partial charge in [0, 0.05) is 23.0 Å². The van der Waals surface area contributed by atoms with Crippen LogP contribution < -0.4 is 19.5 Å². The molecular weight excluding hydrogens is 410 g/mol. The van der Waals surface area contributed by atoms with E-state index in [0.29, 0.717) is 40.2 Å². The molecular formula is C23H19N5O4. The number of ether oxygens (including phenoxy) is 3. The maximum atomic E-state index is 12.5. The minimum Gasteiger partial charge on any atom is -0.454 e. The predicted molar refractivity (Wildman–Crippen MR) is 116 cm³/mol. The van der Waals surface area contributed by atoms with Gasteiger partial charge in [0.1, 0.15) is 24.2 Å².